The molecule has 0 unspecified atom stereocenters. The van der Waals surface area contributed by atoms with Crippen LogP contribution in [-0.2, 0) is 0 Å². The lowest BCUT2D eigenvalue weighted by Gasteiger charge is -2.19. The summed E-state index contributed by atoms with van der Waals surface area (Å²) >= 11 is 0. The fraction of sp³-hybridized carbons (Fsp3) is 0.125. The Kier molecular flexibility index (Phi) is 5.94. The Bertz CT molecular complexity index is 1880. The predicted octanol–water partition coefficient (Wildman–Crippen LogP) is 7.13. The molecule has 7 rings (SSSR count). The van der Waals surface area contributed by atoms with Crippen LogP contribution in [0.4, 0.5) is 28.4 Å². The number of pyridine rings is 2. The van der Waals surface area contributed by atoms with Crippen molar-refractivity contribution in [2.45, 2.75) is 12.8 Å². The van der Waals surface area contributed by atoms with Crippen molar-refractivity contribution in [1.82, 2.24) is 19.9 Å². The second-order valence-electron chi connectivity index (χ2n) is 9.94. The second kappa shape index (κ2) is 10.0. The molecule has 0 bridgehead atoms. The quantitative estimate of drug-likeness (QED) is 0.214. The number of benzene rings is 3. The number of hydrogen-bond acceptors (Lipinski definition) is 7. The molecule has 3 aromatic carbocycles. The Hall–Kier alpha value is -5.42. The zero-order chi connectivity index (χ0) is 26.9. The van der Waals surface area contributed by atoms with E-state index in [0.717, 1.165) is 69.2 Å². The average molecular weight is 523 g/mol. The minimum absolute atomic E-state index is 0.372. The summed E-state index contributed by atoms with van der Waals surface area (Å²) in [5, 5.41) is 17.1. The van der Waals surface area contributed by atoms with Gasteiger partial charge in [-0.2, -0.15) is 5.26 Å². The summed E-state index contributed by atoms with van der Waals surface area (Å²) in [6, 6.07) is 28.4. The number of rotatable bonds is 6. The first-order chi connectivity index (χ1) is 19.7. The fourth-order valence-corrected chi connectivity index (χ4v) is 5.24. The number of anilines is 5. The van der Waals surface area contributed by atoms with Crippen LogP contribution in [-0.4, -0.2) is 33.0 Å². The van der Waals surface area contributed by atoms with Gasteiger partial charge in [0.1, 0.15) is 17.6 Å². The van der Waals surface area contributed by atoms with E-state index in [0.29, 0.717) is 5.69 Å². The molecule has 1 fully saturated rings. The zero-order valence-corrected chi connectivity index (χ0v) is 21.7. The Morgan fingerprint density at radius 3 is 2.38 bits per heavy atom. The van der Waals surface area contributed by atoms with Crippen molar-refractivity contribution in [2.75, 3.05) is 28.6 Å². The maximum atomic E-state index is 9.10. The number of hydrogen-bond donors (Lipinski definition) is 3. The van der Waals surface area contributed by atoms with Crippen molar-refractivity contribution in [3.8, 4) is 17.5 Å². The Balaban J connectivity index is 1.11. The van der Waals surface area contributed by atoms with Gasteiger partial charge in [0.2, 0.25) is 0 Å². The lowest BCUT2D eigenvalue weighted by molar-refractivity contribution is 0.949. The van der Waals surface area contributed by atoms with E-state index < -0.39 is 0 Å². The standard InChI is InChI=1S/C32H26N8/c33-20-25-17-24(11-13-34-25)36-23-7-9-30-31(18-23)39-32(38-30)21-3-5-22(6-4-21)37-29-12-14-35-28-10-8-26(19-27(28)29)40-15-1-2-16-40/h3-14,17-19H,1-2,15-16H2,(H,34,36)(H,35,37)(H,38,39). The normalized spacial score (nSPS) is 13.0. The van der Waals surface area contributed by atoms with Crippen LogP contribution in [0.5, 0.6) is 0 Å². The monoisotopic (exact) mass is 522 g/mol. The topological polar surface area (TPSA) is 106 Å². The molecule has 0 amide bonds. The van der Waals surface area contributed by atoms with Gasteiger partial charge in [-0.3, -0.25) is 4.98 Å². The molecule has 1 aliphatic rings. The highest BCUT2D eigenvalue weighted by Crippen LogP contribution is 2.31. The molecule has 0 saturated carbocycles. The van der Waals surface area contributed by atoms with Gasteiger partial charge >= 0.3 is 0 Å². The summed E-state index contributed by atoms with van der Waals surface area (Å²) < 4.78 is 0. The highest BCUT2D eigenvalue weighted by Gasteiger charge is 2.14. The molecule has 3 N–H and O–H groups in total. The highest BCUT2D eigenvalue weighted by molar-refractivity contribution is 5.95. The largest absolute Gasteiger partial charge is 0.372 e. The van der Waals surface area contributed by atoms with Gasteiger partial charge in [0.25, 0.3) is 0 Å². The van der Waals surface area contributed by atoms with Crippen LogP contribution in [0.15, 0.2) is 91.3 Å². The van der Waals surface area contributed by atoms with Gasteiger partial charge in [0.15, 0.2) is 0 Å². The third-order valence-corrected chi connectivity index (χ3v) is 7.28. The van der Waals surface area contributed by atoms with Crippen molar-refractivity contribution >= 4 is 50.4 Å². The summed E-state index contributed by atoms with van der Waals surface area (Å²) in [6.45, 7) is 2.23. The van der Waals surface area contributed by atoms with Gasteiger partial charge in [0.05, 0.1) is 16.6 Å². The number of fused-ring (bicyclic) bond motifs is 2. The molecule has 0 radical (unpaired) electrons. The maximum absolute atomic E-state index is 9.10. The first-order valence-corrected chi connectivity index (χ1v) is 13.4. The molecule has 8 nitrogen and oxygen atoms in total. The third-order valence-electron chi connectivity index (χ3n) is 7.28. The predicted molar refractivity (Wildman–Crippen MR) is 160 cm³/mol. The smallest absolute Gasteiger partial charge is 0.142 e. The molecule has 6 aromatic rings. The lowest BCUT2D eigenvalue weighted by atomic mass is 10.1. The minimum Gasteiger partial charge on any atom is -0.372 e. The van der Waals surface area contributed by atoms with Crippen LogP contribution >= 0.6 is 0 Å². The molecular weight excluding hydrogens is 496 g/mol. The molecule has 0 spiro atoms. The summed E-state index contributed by atoms with van der Waals surface area (Å²) in [6.07, 6.45) is 5.97. The molecular formula is C32H26N8. The van der Waals surface area contributed by atoms with Gasteiger partial charge in [0, 0.05) is 64.9 Å². The fourth-order valence-electron chi connectivity index (χ4n) is 5.24. The summed E-state index contributed by atoms with van der Waals surface area (Å²) in [5.41, 5.74) is 9.16. The van der Waals surface area contributed by atoms with Crippen molar-refractivity contribution in [3.05, 3.63) is 97.0 Å². The number of H-pyrrole nitrogens is 1. The molecule has 1 saturated heterocycles. The number of nitrogens with one attached hydrogen (secondary N) is 3. The van der Waals surface area contributed by atoms with Gasteiger partial charge in [-0.05, 0) is 91.7 Å². The van der Waals surface area contributed by atoms with Crippen LogP contribution < -0.4 is 15.5 Å². The van der Waals surface area contributed by atoms with E-state index in [9.17, 15) is 0 Å². The second-order valence-corrected chi connectivity index (χ2v) is 9.94. The van der Waals surface area contributed by atoms with E-state index in [1.807, 2.05) is 36.5 Å². The van der Waals surface area contributed by atoms with Crippen molar-refractivity contribution in [3.63, 3.8) is 0 Å². The van der Waals surface area contributed by atoms with Crippen LogP contribution in [0.1, 0.15) is 18.5 Å². The number of aromatic nitrogens is 4. The van der Waals surface area contributed by atoms with Gasteiger partial charge in [-0.15, -0.1) is 0 Å². The number of aromatic amines is 1. The van der Waals surface area contributed by atoms with Gasteiger partial charge in [-0.25, -0.2) is 9.97 Å². The molecule has 0 atom stereocenters. The van der Waals surface area contributed by atoms with Crippen LogP contribution in [0.25, 0.3) is 33.3 Å². The van der Waals surface area contributed by atoms with Crippen LogP contribution in [0.3, 0.4) is 0 Å². The summed E-state index contributed by atoms with van der Waals surface area (Å²) in [7, 11) is 0. The lowest BCUT2D eigenvalue weighted by Crippen LogP contribution is -2.17. The third kappa shape index (κ3) is 4.65. The van der Waals surface area contributed by atoms with Crippen LogP contribution in [0, 0.1) is 11.3 Å². The maximum Gasteiger partial charge on any atom is 0.142 e. The Morgan fingerprint density at radius 1 is 0.750 bits per heavy atom. The van der Waals surface area contributed by atoms with E-state index in [1.165, 1.54) is 18.5 Å². The number of nitrogens with zero attached hydrogens (tertiary/aromatic N) is 5. The van der Waals surface area contributed by atoms with E-state index in [-0.39, 0.29) is 0 Å². The van der Waals surface area contributed by atoms with Crippen molar-refractivity contribution < 1.29 is 0 Å². The molecule has 40 heavy (non-hydrogen) atoms. The average Bonchev–Trinajstić information content (AvgIpc) is 3.68. The van der Waals surface area contributed by atoms with E-state index in [2.05, 4.69) is 79.0 Å². The van der Waals surface area contributed by atoms with Gasteiger partial charge < -0.3 is 20.5 Å². The minimum atomic E-state index is 0.372. The summed E-state index contributed by atoms with van der Waals surface area (Å²) in [4.78, 5) is 19.3. The molecule has 194 valence electrons. The molecule has 8 heteroatoms. The Labute approximate surface area is 231 Å². The molecule has 4 heterocycles. The zero-order valence-electron chi connectivity index (χ0n) is 21.7. The van der Waals surface area contributed by atoms with E-state index >= 15 is 0 Å². The van der Waals surface area contributed by atoms with Crippen molar-refractivity contribution in [1.29, 1.82) is 5.26 Å². The van der Waals surface area contributed by atoms with Crippen LogP contribution in [0.2, 0.25) is 0 Å². The molecule has 1 aliphatic heterocycles. The first-order valence-electron chi connectivity index (χ1n) is 13.4. The number of nitriles is 1. The molecule has 0 aliphatic carbocycles. The van der Waals surface area contributed by atoms with E-state index in [1.54, 1.807) is 12.3 Å². The van der Waals surface area contributed by atoms with Gasteiger partial charge in [-0.1, -0.05) is 0 Å². The van der Waals surface area contributed by atoms with Crippen molar-refractivity contribution in [2.24, 2.45) is 0 Å². The van der Waals surface area contributed by atoms with E-state index in [4.69, 9.17) is 10.2 Å². The summed E-state index contributed by atoms with van der Waals surface area (Å²) in [5.74, 6) is 0.805. The molecule has 3 aromatic heterocycles. The highest BCUT2D eigenvalue weighted by atomic mass is 15.1. The Morgan fingerprint density at radius 2 is 1.52 bits per heavy atom. The number of imidazole rings is 1. The first kappa shape index (κ1) is 23.7. The SMILES string of the molecule is N#Cc1cc(Nc2ccc3nc(-c4ccc(Nc5ccnc6ccc(N7CCCC7)cc56)cc4)[nH]c3c2)ccn1.